The zero-order chi connectivity index (χ0) is 19.3. The molecule has 0 bridgehead atoms. The molecule has 0 saturated carbocycles. The van der Waals surface area contributed by atoms with Crippen LogP contribution < -0.4 is 11.5 Å². The predicted molar refractivity (Wildman–Crippen MR) is 113 cm³/mol. The van der Waals surface area contributed by atoms with Crippen LogP contribution in [0.15, 0.2) is 48.5 Å². The molecule has 7 heteroatoms. The smallest absolute Gasteiger partial charge is 0.334 e. The second-order valence-electron chi connectivity index (χ2n) is 6.13. The lowest BCUT2D eigenvalue weighted by Crippen LogP contribution is -2.58. The molecule has 0 aliphatic carbocycles. The lowest BCUT2D eigenvalue weighted by molar-refractivity contribution is -0.145. The Morgan fingerprint density at radius 3 is 2.22 bits per heavy atom. The number of benzene rings is 2. The summed E-state index contributed by atoms with van der Waals surface area (Å²) in [6.45, 7) is 1.97. The predicted octanol–water partition coefficient (Wildman–Crippen LogP) is 3.17. The fourth-order valence-electron chi connectivity index (χ4n) is 2.88. The van der Waals surface area contributed by atoms with Gasteiger partial charge in [-0.2, -0.15) is 0 Å². The molecule has 2 aromatic carbocycles. The van der Waals surface area contributed by atoms with Gasteiger partial charge in [0.1, 0.15) is 0 Å². The minimum atomic E-state index is -1.84. The monoisotopic (exact) mass is 408 g/mol. The van der Waals surface area contributed by atoms with E-state index in [-0.39, 0.29) is 18.8 Å². The van der Waals surface area contributed by atoms with Crippen molar-refractivity contribution in [3.05, 3.63) is 59.7 Å². The molecule has 0 spiro atoms. The number of Topliss-reactive ketones (excluding diaryl/α,β-unsaturated/α-hetero) is 1. The Morgan fingerprint density at radius 2 is 1.67 bits per heavy atom. The van der Waals surface area contributed by atoms with E-state index >= 15 is 0 Å². The van der Waals surface area contributed by atoms with Gasteiger partial charge in [-0.25, -0.2) is 4.79 Å². The number of thioether (sulfide) groups is 1. The molecule has 27 heavy (non-hydrogen) atoms. The molecule has 0 saturated heterocycles. The van der Waals surface area contributed by atoms with Crippen LogP contribution in [0.2, 0.25) is 0 Å². The van der Waals surface area contributed by atoms with Gasteiger partial charge in [0.05, 0.1) is 12.5 Å². The number of methoxy groups -OCH3 is 1. The van der Waals surface area contributed by atoms with Gasteiger partial charge < -0.3 is 16.2 Å². The maximum atomic E-state index is 13.3. The molecule has 1 unspecified atom stereocenters. The quantitative estimate of drug-likeness (QED) is 0.316. The summed E-state index contributed by atoms with van der Waals surface area (Å²) in [5, 5.41) is -0.464. The van der Waals surface area contributed by atoms with Gasteiger partial charge in [-0.05, 0) is 29.9 Å². The highest BCUT2D eigenvalue weighted by atomic mass is 35.5. The van der Waals surface area contributed by atoms with E-state index in [0.29, 0.717) is 5.56 Å². The van der Waals surface area contributed by atoms with Gasteiger partial charge in [-0.15, -0.1) is 24.2 Å². The number of carbonyl (C=O) groups excluding carboxylic acids is 2. The fraction of sp³-hybridized carbons (Fsp3) is 0.300. The first-order valence-electron chi connectivity index (χ1n) is 8.20. The summed E-state index contributed by atoms with van der Waals surface area (Å²) >= 11 is 1.33. The molecular formula is C20H25ClN2O3S. The van der Waals surface area contributed by atoms with E-state index in [0.717, 1.165) is 16.7 Å². The van der Waals surface area contributed by atoms with Crippen LogP contribution in [-0.4, -0.2) is 36.0 Å². The Morgan fingerprint density at radius 1 is 1.11 bits per heavy atom. The number of hydrogen-bond donors (Lipinski definition) is 2. The minimum absolute atomic E-state index is 0. The van der Waals surface area contributed by atoms with Crippen LogP contribution in [-0.2, 0) is 9.53 Å². The number of ether oxygens (including phenoxy) is 1. The zero-order valence-corrected chi connectivity index (χ0v) is 17.2. The van der Waals surface area contributed by atoms with Gasteiger partial charge in [-0.1, -0.05) is 48.5 Å². The van der Waals surface area contributed by atoms with Crippen molar-refractivity contribution in [2.75, 3.05) is 13.4 Å². The molecule has 2 aromatic rings. The van der Waals surface area contributed by atoms with E-state index in [1.54, 1.807) is 18.4 Å². The highest BCUT2D eigenvalue weighted by Gasteiger charge is 2.45. The molecule has 0 aliphatic heterocycles. The Hall–Kier alpha value is -1.86. The zero-order valence-electron chi connectivity index (χ0n) is 15.6. The first-order chi connectivity index (χ1) is 12.3. The lowest BCUT2D eigenvalue weighted by atomic mass is 9.83. The number of halogens is 1. The Labute approximate surface area is 170 Å². The molecule has 0 radical (unpaired) electrons. The largest absolute Gasteiger partial charge is 0.467 e. The topological polar surface area (TPSA) is 95.4 Å². The van der Waals surface area contributed by atoms with Crippen molar-refractivity contribution >= 4 is 35.9 Å². The van der Waals surface area contributed by atoms with Crippen molar-refractivity contribution in [1.29, 1.82) is 0 Å². The number of carbonyl (C=O) groups is 2. The third-order valence-electron chi connectivity index (χ3n) is 4.39. The summed E-state index contributed by atoms with van der Waals surface area (Å²) in [6.07, 6.45) is 1.79. The van der Waals surface area contributed by atoms with E-state index in [4.69, 9.17) is 16.2 Å². The summed E-state index contributed by atoms with van der Waals surface area (Å²) in [4.78, 5) is 25.7. The molecule has 0 heterocycles. The van der Waals surface area contributed by atoms with Crippen molar-refractivity contribution < 1.29 is 14.3 Å². The van der Waals surface area contributed by atoms with Crippen molar-refractivity contribution in [2.45, 2.75) is 24.3 Å². The minimum Gasteiger partial charge on any atom is -0.467 e. The van der Waals surface area contributed by atoms with Crippen LogP contribution in [0.1, 0.15) is 22.3 Å². The van der Waals surface area contributed by atoms with E-state index in [9.17, 15) is 9.59 Å². The fourth-order valence-corrected chi connectivity index (χ4v) is 3.31. The summed E-state index contributed by atoms with van der Waals surface area (Å²) in [6, 6.07) is 14.9. The number of ketones is 1. The van der Waals surface area contributed by atoms with Crippen molar-refractivity contribution in [2.24, 2.45) is 11.5 Å². The normalized spacial score (nSPS) is 13.8. The van der Waals surface area contributed by atoms with Crippen molar-refractivity contribution in [1.82, 2.24) is 0 Å². The third kappa shape index (κ3) is 4.90. The molecule has 5 nitrogen and oxygen atoms in total. The van der Waals surface area contributed by atoms with E-state index in [1.807, 2.05) is 43.3 Å². The first-order valence-corrected chi connectivity index (χ1v) is 9.49. The molecule has 0 aromatic heterocycles. The lowest BCUT2D eigenvalue weighted by Gasteiger charge is -2.28. The van der Waals surface area contributed by atoms with E-state index in [2.05, 4.69) is 0 Å². The molecule has 4 N–H and O–H groups in total. The summed E-state index contributed by atoms with van der Waals surface area (Å²) in [5.74, 6) is -1.28. The number of hydrogen-bond acceptors (Lipinski definition) is 6. The second-order valence-corrected chi connectivity index (χ2v) is 7.21. The van der Waals surface area contributed by atoms with Crippen LogP contribution in [0.4, 0.5) is 0 Å². The van der Waals surface area contributed by atoms with Crippen molar-refractivity contribution in [3.63, 3.8) is 0 Å². The van der Waals surface area contributed by atoms with Gasteiger partial charge in [0.25, 0.3) is 0 Å². The number of esters is 1. The number of rotatable bonds is 7. The van der Waals surface area contributed by atoms with Crippen molar-refractivity contribution in [3.8, 4) is 11.1 Å². The maximum absolute atomic E-state index is 13.3. The molecular weight excluding hydrogens is 384 g/mol. The molecule has 146 valence electrons. The Bertz CT molecular complexity index is 815. The third-order valence-corrected chi connectivity index (χ3v) is 5.16. The van der Waals surface area contributed by atoms with Gasteiger partial charge >= 0.3 is 5.97 Å². The molecule has 2 rings (SSSR count). The van der Waals surface area contributed by atoms with Crippen LogP contribution in [0.25, 0.3) is 11.1 Å². The summed E-state index contributed by atoms with van der Waals surface area (Å²) < 4.78 is 4.82. The standard InChI is InChI=1S/C20H24N2O3S.ClH/c1-13-8-4-5-9-14(13)15-10-6-7-11-16(15)18(23)20(22,19(24)25-2)12-17(21)26-3;/h4-11,17H,12,21-22H2,1-3H3;1H/t17?,20-;/m1./s1. The SMILES string of the molecule is COC(=O)[C@@](N)(CC(N)SC)C(=O)c1ccccc1-c1ccccc1C.Cl. The van der Waals surface area contributed by atoms with Crippen LogP contribution in [0, 0.1) is 6.92 Å². The molecule has 0 aliphatic rings. The van der Waals surface area contributed by atoms with Gasteiger partial charge in [0, 0.05) is 12.0 Å². The van der Waals surface area contributed by atoms with Crippen LogP contribution in [0.3, 0.4) is 0 Å². The molecule has 0 fully saturated rings. The summed E-state index contributed by atoms with van der Waals surface area (Å²) in [5.41, 5.74) is 13.4. The maximum Gasteiger partial charge on any atom is 0.334 e. The van der Waals surface area contributed by atoms with Gasteiger partial charge in [-0.3, -0.25) is 4.79 Å². The average Bonchev–Trinajstić information content (AvgIpc) is 2.66. The van der Waals surface area contributed by atoms with E-state index in [1.165, 1.54) is 18.9 Å². The first kappa shape index (κ1) is 23.2. The van der Waals surface area contributed by atoms with Gasteiger partial charge in [0.2, 0.25) is 0 Å². The number of nitrogens with two attached hydrogens (primary N) is 2. The number of aryl methyl sites for hydroxylation is 1. The second kappa shape index (κ2) is 9.90. The molecule has 0 amide bonds. The van der Waals surface area contributed by atoms with E-state index < -0.39 is 22.7 Å². The highest BCUT2D eigenvalue weighted by molar-refractivity contribution is 7.99. The Balaban J connectivity index is 0.00000364. The Kier molecular flexibility index (Phi) is 8.50. The van der Waals surface area contributed by atoms with Crippen LogP contribution in [0.5, 0.6) is 0 Å². The van der Waals surface area contributed by atoms with Crippen LogP contribution >= 0.6 is 24.2 Å². The summed E-state index contributed by atoms with van der Waals surface area (Å²) in [7, 11) is 1.22. The average molecular weight is 409 g/mol. The van der Waals surface area contributed by atoms with Gasteiger partial charge in [0.15, 0.2) is 11.3 Å². The highest BCUT2D eigenvalue weighted by Crippen LogP contribution is 2.30. The molecule has 2 atom stereocenters.